The van der Waals surface area contributed by atoms with Crippen LogP contribution in [-0.2, 0) is 6.42 Å². The van der Waals surface area contributed by atoms with Crippen LogP contribution in [0.3, 0.4) is 0 Å². The molecular weight excluding hydrogens is 346 g/mol. The van der Waals surface area contributed by atoms with Crippen molar-refractivity contribution in [2.24, 2.45) is 0 Å². The summed E-state index contributed by atoms with van der Waals surface area (Å²) < 4.78 is 16.4. The maximum Gasteiger partial charge on any atom is 0.291 e. The van der Waals surface area contributed by atoms with Crippen LogP contribution in [0.4, 0.5) is 0 Å². The van der Waals surface area contributed by atoms with Gasteiger partial charge >= 0.3 is 0 Å². The zero-order valence-corrected chi connectivity index (χ0v) is 15.1. The molecule has 0 radical (unpaired) electrons. The Morgan fingerprint density at radius 1 is 1.33 bits per heavy atom. The van der Waals surface area contributed by atoms with Gasteiger partial charge in [0.2, 0.25) is 11.7 Å². The number of hydrogen-bond acceptors (Lipinski definition) is 6. The minimum absolute atomic E-state index is 0.176. The van der Waals surface area contributed by atoms with Crippen LogP contribution in [0.15, 0.2) is 51.9 Å². The van der Waals surface area contributed by atoms with Crippen molar-refractivity contribution in [3.63, 3.8) is 0 Å². The lowest BCUT2D eigenvalue weighted by Crippen LogP contribution is -2.38. The number of methoxy groups -OCH3 is 1. The number of piperidine rings is 1. The fourth-order valence-corrected chi connectivity index (χ4v) is 3.44. The first-order valence-electron chi connectivity index (χ1n) is 9.01. The molecule has 1 fully saturated rings. The first kappa shape index (κ1) is 17.3. The Morgan fingerprint density at radius 3 is 3.07 bits per heavy atom. The number of carbonyl (C=O) groups excluding carboxylic acids is 1. The predicted molar refractivity (Wildman–Crippen MR) is 96.4 cm³/mol. The van der Waals surface area contributed by atoms with Gasteiger partial charge < -0.3 is 18.5 Å². The molecule has 0 spiro atoms. The van der Waals surface area contributed by atoms with E-state index in [4.69, 9.17) is 13.6 Å². The van der Waals surface area contributed by atoms with Gasteiger partial charge in [-0.05, 0) is 37.0 Å². The summed E-state index contributed by atoms with van der Waals surface area (Å²) in [5, 5.41) is 0. The minimum Gasteiger partial charge on any atom is -0.497 e. The summed E-state index contributed by atoms with van der Waals surface area (Å²) in [5.41, 5.74) is 1.08. The number of nitrogens with zero attached hydrogens (tertiary/aromatic N) is 3. The highest BCUT2D eigenvalue weighted by Crippen LogP contribution is 2.32. The fourth-order valence-electron chi connectivity index (χ4n) is 3.44. The van der Waals surface area contributed by atoms with Gasteiger partial charge in [-0.2, -0.15) is 0 Å². The molecule has 140 valence electrons. The molecule has 1 aliphatic rings. The molecule has 2 aromatic heterocycles. The maximum absolute atomic E-state index is 12.7. The summed E-state index contributed by atoms with van der Waals surface area (Å²) >= 11 is 0. The third kappa shape index (κ3) is 3.72. The number of amides is 1. The summed E-state index contributed by atoms with van der Waals surface area (Å²) in [6.07, 6.45) is 7.86. The van der Waals surface area contributed by atoms with Crippen LogP contribution in [-0.4, -0.2) is 34.4 Å². The van der Waals surface area contributed by atoms with Crippen molar-refractivity contribution in [2.75, 3.05) is 13.7 Å². The highest BCUT2D eigenvalue weighted by Gasteiger charge is 2.33. The number of oxazole rings is 2. The van der Waals surface area contributed by atoms with Gasteiger partial charge in [0.05, 0.1) is 19.5 Å². The highest BCUT2D eigenvalue weighted by atomic mass is 16.5. The molecule has 7 heteroatoms. The van der Waals surface area contributed by atoms with Crippen molar-refractivity contribution < 1.29 is 18.4 Å². The number of benzene rings is 1. The number of likely N-dealkylation sites (tertiary alicyclic amines) is 1. The van der Waals surface area contributed by atoms with Crippen LogP contribution in [0.5, 0.6) is 5.75 Å². The lowest BCUT2D eigenvalue weighted by Gasteiger charge is -2.33. The summed E-state index contributed by atoms with van der Waals surface area (Å²) in [7, 11) is 1.65. The fraction of sp³-hybridized carbons (Fsp3) is 0.350. The van der Waals surface area contributed by atoms with Gasteiger partial charge in [0.25, 0.3) is 5.91 Å². The number of aromatic nitrogens is 2. The van der Waals surface area contributed by atoms with Crippen molar-refractivity contribution in [1.82, 2.24) is 14.9 Å². The predicted octanol–water partition coefficient (Wildman–Crippen LogP) is 3.63. The lowest BCUT2D eigenvalue weighted by molar-refractivity contribution is 0.0538. The molecule has 27 heavy (non-hydrogen) atoms. The summed E-state index contributed by atoms with van der Waals surface area (Å²) in [4.78, 5) is 22.8. The maximum atomic E-state index is 12.7. The first-order chi connectivity index (χ1) is 13.2. The molecule has 1 saturated heterocycles. The topological polar surface area (TPSA) is 81.6 Å². The zero-order valence-electron chi connectivity index (χ0n) is 15.1. The highest BCUT2D eigenvalue weighted by molar-refractivity contribution is 5.91. The molecule has 0 saturated carbocycles. The minimum atomic E-state index is -0.185. The molecule has 0 bridgehead atoms. The largest absolute Gasteiger partial charge is 0.497 e. The van der Waals surface area contributed by atoms with Gasteiger partial charge in [0.15, 0.2) is 6.39 Å². The molecule has 1 atom stereocenters. The quantitative estimate of drug-likeness (QED) is 0.685. The van der Waals surface area contributed by atoms with Crippen molar-refractivity contribution in [3.8, 4) is 5.75 Å². The molecule has 7 nitrogen and oxygen atoms in total. The molecule has 3 heterocycles. The van der Waals surface area contributed by atoms with Crippen LogP contribution in [0.1, 0.15) is 53.1 Å². The number of hydrogen-bond donors (Lipinski definition) is 0. The number of carbonyl (C=O) groups is 1. The third-order valence-electron chi connectivity index (χ3n) is 4.78. The van der Waals surface area contributed by atoms with Crippen LogP contribution < -0.4 is 4.74 Å². The van der Waals surface area contributed by atoms with Gasteiger partial charge in [-0.15, -0.1) is 0 Å². The number of ether oxygens (including phenoxy) is 1. The van der Waals surface area contributed by atoms with Gasteiger partial charge in [0, 0.05) is 13.0 Å². The molecule has 1 aliphatic heterocycles. The van der Waals surface area contributed by atoms with E-state index in [0.717, 1.165) is 36.3 Å². The van der Waals surface area contributed by atoms with Crippen molar-refractivity contribution >= 4 is 5.91 Å². The second-order valence-corrected chi connectivity index (χ2v) is 6.57. The summed E-state index contributed by atoms with van der Waals surface area (Å²) in [6, 6.07) is 7.66. The van der Waals surface area contributed by atoms with Crippen molar-refractivity contribution in [3.05, 3.63) is 66.0 Å². The second kappa shape index (κ2) is 7.65. The smallest absolute Gasteiger partial charge is 0.291 e. The Labute approximate surface area is 157 Å². The zero-order chi connectivity index (χ0) is 18.6. The van der Waals surface area contributed by atoms with Crippen LogP contribution in [0.25, 0.3) is 0 Å². The van der Waals surface area contributed by atoms with E-state index in [-0.39, 0.29) is 17.7 Å². The summed E-state index contributed by atoms with van der Waals surface area (Å²) in [6.45, 7) is 0.651. The normalized spacial score (nSPS) is 17.1. The molecular formula is C20H21N3O4. The van der Waals surface area contributed by atoms with Crippen LogP contribution in [0, 0.1) is 0 Å². The molecule has 0 unspecified atom stereocenters. The molecule has 1 amide bonds. The molecule has 0 aliphatic carbocycles. The lowest BCUT2D eigenvalue weighted by atomic mass is 10.0. The van der Waals surface area contributed by atoms with E-state index in [9.17, 15) is 4.79 Å². The van der Waals surface area contributed by atoms with Crippen LogP contribution >= 0.6 is 0 Å². The average molecular weight is 367 g/mol. The first-order valence-corrected chi connectivity index (χ1v) is 9.01. The second-order valence-electron chi connectivity index (χ2n) is 6.57. The summed E-state index contributed by atoms with van der Waals surface area (Å²) in [5.74, 6) is 2.20. The van der Waals surface area contributed by atoms with E-state index >= 15 is 0 Å². The molecule has 3 aromatic rings. The van der Waals surface area contributed by atoms with Crippen LogP contribution in [0.2, 0.25) is 0 Å². The third-order valence-corrected chi connectivity index (χ3v) is 4.78. The number of rotatable bonds is 5. The van der Waals surface area contributed by atoms with Gasteiger partial charge in [-0.25, -0.2) is 9.97 Å². The molecule has 0 N–H and O–H groups in total. The molecule has 1 aromatic carbocycles. The van der Waals surface area contributed by atoms with E-state index in [0.29, 0.717) is 18.9 Å². The van der Waals surface area contributed by atoms with Crippen molar-refractivity contribution in [1.29, 1.82) is 0 Å². The SMILES string of the molecule is COc1cccc(Cc2cnc([C@H]3CCCCN3C(=O)c3cnco3)o2)c1. The van der Waals surface area contributed by atoms with E-state index in [2.05, 4.69) is 9.97 Å². The standard InChI is InChI=1S/C20H21N3O4/c1-25-15-6-4-5-14(9-15)10-16-11-22-19(27-16)17-7-2-3-8-23(17)20(24)18-12-21-13-26-18/h4-6,9,11-13,17H,2-3,7-8,10H2,1H3/t17-/m1/s1. The van der Waals surface area contributed by atoms with Gasteiger partial charge in [-0.1, -0.05) is 12.1 Å². The Morgan fingerprint density at radius 2 is 2.26 bits per heavy atom. The van der Waals surface area contributed by atoms with Gasteiger partial charge in [0.1, 0.15) is 17.6 Å². The Bertz CT molecular complexity index is 904. The molecule has 4 rings (SSSR count). The van der Waals surface area contributed by atoms with E-state index in [1.165, 1.54) is 12.6 Å². The van der Waals surface area contributed by atoms with E-state index in [1.54, 1.807) is 18.2 Å². The van der Waals surface area contributed by atoms with E-state index < -0.39 is 0 Å². The van der Waals surface area contributed by atoms with E-state index in [1.807, 2.05) is 24.3 Å². The Kier molecular flexibility index (Phi) is 4.91. The average Bonchev–Trinajstić information content (AvgIpc) is 3.40. The van der Waals surface area contributed by atoms with Crippen molar-refractivity contribution in [2.45, 2.75) is 31.7 Å². The van der Waals surface area contributed by atoms with Gasteiger partial charge in [-0.3, -0.25) is 4.79 Å². The monoisotopic (exact) mass is 367 g/mol. The Hall–Kier alpha value is -3.09. The Balaban J connectivity index is 1.52.